The molecule has 0 saturated carbocycles. The molecule has 1 heterocycles. The van der Waals surface area contributed by atoms with Gasteiger partial charge in [-0.3, -0.25) is 0 Å². The van der Waals surface area contributed by atoms with Gasteiger partial charge in [0.05, 0.1) is 6.20 Å². The molecule has 7 aromatic carbocycles. The average Bonchev–Trinajstić information content (AvgIpc) is 3.70. The standard InChI is InChI=1S/C24BF20.C24H19N2O/c26-5-1(6(27)14(35)21(42)13(5)34)25(2-7(28)15(36)22(43)16(37)8(2)29,3-9(30)17(38)23(44)18(39)10(3)31)4-11(32)19(40)24(45)20(41)12(4)33;1-2-8-18(9-3-1)17-26-15-14-25-16-23(26)27-24-21-12-6-4-10-19(21)20-11-5-7-13-22(20)24/h;1-16,24H,17H2/q-1;+1. The largest absolute Gasteiger partial charge is 0.430 e. The van der Waals surface area contributed by atoms with Crippen LogP contribution in [0.1, 0.15) is 22.8 Å². The lowest BCUT2D eigenvalue weighted by Crippen LogP contribution is -2.81. The third-order valence-electron chi connectivity index (χ3n) is 11.7. The van der Waals surface area contributed by atoms with Gasteiger partial charge < -0.3 is 4.74 Å². The zero-order valence-corrected chi connectivity index (χ0v) is 35.0. The van der Waals surface area contributed by atoms with Gasteiger partial charge in [-0.1, -0.05) is 78.9 Å². The summed E-state index contributed by atoms with van der Waals surface area (Å²) >= 11 is 0. The Balaban J connectivity index is 0.000000217. The first-order valence-corrected chi connectivity index (χ1v) is 20.1. The summed E-state index contributed by atoms with van der Waals surface area (Å²) in [5.41, 5.74) is -8.20. The average molecular weight is 1030 g/mol. The van der Waals surface area contributed by atoms with Gasteiger partial charge in [0.15, 0.2) is 88.7 Å². The van der Waals surface area contributed by atoms with E-state index >= 15 is 35.1 Å². The van der Waals surface area contributed by atoms with Crippen LogP contribution in [0.4, 0.5) is 87.8 Å². The van der Waals surface area contributed by atoms with E-state index in [0.29, 0.717) is 0 Å². The third kappa shape index (κ3) is 7.73. The lowest BCUT2D eigenvalue weighted by atomic mass is 9.12. The SMILES string of the molecule is Fc1c(F)c(F)c([B-](c2c(F)c(F)c(F)c(F)c2F)(c2c(F)c(F)c(F)c(F)c2F)c2c(F)c(F)c(F)c(F)c2F)c(F)c1F.c1ccc(C[n+]2ccncc2OC2c3ccccc3-c3ccccc32)cc1. The van der Waals surface area contributed by atoms with Crippen molar-refractivity contribution in [2.75, 3.05) is 0 Å². The van der Waals surface area contributed by atoms with Crippen molar-refractivity contribution in [3.63, 3.8) is 0 Å². The van der Waals surface area contributed by atoms with Gasteiger partial charge in [-0.25, -0.2) is 92.8 Å². The zero-order valence-electron chi connectivity index (χ0n) is 35.0. The Labute approximate surface area is 389 Å². The predicted octanol–water partition coefficient (Wildman–Crippen LogP) is 10.4. The number of halogens is 20. The minimum absolute atomic E-state index is 0.122. The second kappa shape index (κ2) is 19.0. The Morgan fingerprint density at radius 3 is 1.00 bits per heavy atom. The molecule has 0 radical (unpaired) electrons. The molecule has 0 fully saturated rings. The molecule has 0 amide bonds. The van der Waals surface area contributed by atoms with Gasteiger partial charge in [-0.2, -0.15) is 4.57 Å². The fraction of sp³-hybridized carbons (Fsp3) is 0.0417. The fourth-order valence-corrected chi connectivity index (χ4v) is 8.61. The van der Waals surface area contributed by atoms with E-state index in [-0.39, 0.29) is 6.10 Å². The number of nitrogens with zero attached hydrogens (tertiary/aromatic N) is 2. The molecule has 1 aliphatic rings. The summed E-state index contributed by atoms with van der Waals surface area (Å²) in [6.07, 6.45) is -1.78. The molecule has 0 bridgehead atoms. The Hall–Kier alpha value is -7.92. The highest BCUT2D eigenvalue weighted by Crippen LogP contribution is 2.45. The van der Waals surface area contributed by atoms with E-state index in [2.05, 4.69) is 82.3 Å². The lowest BCUT2D eigenvalue weighted by Gasteiger charge is -2.44. The van der Waals surface area contributed by atoms with Gasteiger partial charge in [0.2, 0.25) is 0 Å². The van der Waals surface area contributed by atoms with Crippen molar-refractivity contribution in [3.05, 3.63) is 230 Å². The first-order valence-electron chi connectivity index (χ1n) is 20.1. The van der Waals surface area contributed by atoms with Crippen molar-refractivity contribution in [2.24, 2.45) is 0 Å². The van der Waals surface area contributed by atoms with Crippen LogP contribution in [0.2, 0.25) is 0 Å². The highest BCUT2D eigenvalue weighted by molar-refractivity contribution is 7.20. The highest BCUT2D eigenvalue weighted by atomic mass is 19.2. The quantitative estimate of drug-likeness (QED) is 0.0499. The van der Waals surface area contributed by atoms with Gasteiger partial charge in [-0.15, -0.1) is 21.9 Å². The maximum atomic E-state index is 15.4. The topological polar surface area (TPSA) is 26.0 Å². The summed E-state index contributed by atoms with van der Waals surface area (Å²) in [7, 11) is 0. The van der Waals surface area contributed by atoms with E-state index in [1.54, 1.807) is 12.4 Å². The normalized spacial score (nSPS) is 12.2. The Bertz CT molecular complexity index is 3080. The van der Waals surface area contributed by atoms with Gasteiger partial charge in [-0.05, 0) is 11.1 Å². The maximum absolute atomic E-state index is 15.4. The van der Waals surface area contributed by atoms with Crippen LogP contribution in [0, 0.1) is 116 Å². The van der Waals surface area contributed by atoms with Crippen LogP contribution in [-0.2, 0) is 6.54 Å². The van der Waals surface area contributed by atoms with E-state index in [1.807, 2.05) is 12.3 Å². The van der Waals surface area contributed by atoms with E-state index in [9.17, 15) is 52.7 Å². The predicted molar refractivity (Wildman–Crippen MR) is 214 cm³/mol. The van der Waals surface area contributed by atoms with E-state index in [1.165, 1.54) is 27.8 Å². The minimum Gasteiger partial charge on any atom is -0.430 e. The number of hydrogen-bond donors (Lipinski definition) is 0. The molecule has 1 aliphatic carbocycles. The van der Waals surface area contributed by atoms with Crippen LogP contribution in [0.5, 0.6) is 5.88 Å². The van der Waals surface area contributed by atoms with E-state index in [0.717, 1.165) is 12.4 Å². The Morgan fingerprint density at radius 2 is 0.667 bits per heavy atom. The van der Waals surface area contributed by atoms with Crippen LogP contribution < -0.4 is 31.2 Å². The molecule has 72 heavy (non-hydrogen) atoms. The summed E-state index contributed by atoms with van der Waals surface area (Å²) in [4.78, 5) is 4.30. The van der Waals surface area contributed by atoms with Gasteiger partial charge in [0.25, 0.3) is 0 Å². The number of hydrogen-bond acceptors (Lipinski definition) is 2. The van der Waals surface area contributed by atoms with Crippen molar-refractivity contribution < 1.29 is 97.1 Å². The van der Waals surface area contributed by atoms with Crippen molar-refractivity contribution in [1.82, 2.24) is 4.98 Å². The molecule has 3 nitrogen and oxygen atoms in total. The summed E-state index contributed by atoms with van der Waals surface area (Å²) in [6, 6.07) is 27.3. The van der Waals surface area contributed by atoms with Gasteiger partial charge >= 0.3 is 5.88 Å². The molecular weight excluding hydrogens is 1010 g/mol. The first kappa shape index (κ1) is 50.5. The Morgan fingerprint density at radius 1 is 0.375 bits per heavy atom. The molecule has 0 N–H and O–H groups in total. The lowest BCUT2D eigenvalue weighted by molar-refractivity contribution is -0.694. The molecular formula is C48H19BF20N2O. The molecule has 1 aromatic heterocycles. The smallest absolute Gasteiger partial charge is 0.388 e. The zero-order chi connectivity index (χ0) is 52.4. The number of aromatic nitrogens is 2. The summed E-state index contributed by atoms with van der Waals surface area (Å²) in [6.45, 7) is 0.745. The highest BCUT2D eigenvalue weighted by Gasteiger charge is 2.52. The van der Waals surface area contributed by atoms with Crippen molar-refractivity contribution in [1.29, 1.82) is 0 Å². The number of benzene rings is 7. The molecule has 9 rings (SSSR count). The molecule has 0 spiro atoms. The molecule has 370 valence electrons. The summed E-state index contributed by atoms with van der Waals surface area (Å²) < 4.78 is 303. The molecule has 0 aliphatic heterocycles. The summed E-state index contributed by atoms with van der Waals surface area (Å²) in [5, 5.41) is 0. The van der Waals surface area contributed by atoms with Crippen molar-refractivity contribution in [2.45, 2.75) is 12.6 Å². The van der Waals surface area contributed by atoms with Crippen LogP contribution in [0.25, 0.3) is 11.1 Å². The maximum Gasteiger partial charge on any atom is 0.388 e. The second-order valence-corrected chi connectivity index (χ2v) is 15.5. The van der Waals surface area contributed by atoms with Crippen LogP contribution in [-0.4, -0.2) is 11.1 Å². The van der Waals surface area contributed by atoms with E-state index < -0.39 is 144 Å². The molecule has 0 atom stereocenters. The molecule has 0 saturated heterocycles. The molecule has 0 unspecified atom stereocenters. The number of ether oxygens (including phenoxy) is 1. The van der Waals surface area contributed by atoms with Gasteiger partial charge in [0.1, 0.15) is 58.9 Å². The number of rotatable bonds is 8. The third-order valence-corrected chi connectivity index (χ3v) is 11.7. The monoisotopic (exact) mass is 1030 g/mol. The van der Waals surface area contributed by atoms with E-state index in [4.69, 9.17) is 4.74 Å². The molecule has 24 heteroatoms. The second-order valence-electron chi connectivity index (χ2n) is 15.5. The summed E-state index contributed by atoms with van der Waals surface area (Å²) in [5.74, 6) is -70.6. The first-order chi connectivity index (χ1) is 34.1. The van der Waals surface area contributed by atoms with Gasteiger partial charge in [0, 0.05) is 16.7 Å². The van der Waals surface area contributed by atoms with Crippen LogP contribution in [0.15, 0.2) is 97.5 Å². The minimum atomic E-state index is -7.22. The van der Waals surface area contributed by atoms with Crippen LogP contribution >= 0.6 is 0 Å². The Kier molecular flexibility index (Phi) is 13.3. The van der Waals surface area contributed by atoms with Crippen molar-refractivity contribution >= 4 is 28.0 Å². The van der Waals surface area contributed by atoms with Crippen LogP contribution in [0.3, 0.4) is 0 Å². The number of fused-ring (bicyclic) bond motifs is 3. The molecule has 8 aromatic rings. The fourth-order valence-electron chi connectivity index (χ4n) is 8.61. The van der Waals surface area contributed by atoms with Crippen molar-refractivity contribution in [3.8, 4) is 17.0 Å².